The van der Waals surface area contributed by atoms with E-state index in [1.54, 1.807) is 0 Å². The number of non-ortho nitro benzene ring substituents is 1. The quantitative estimate of drug-likeness (QED) is 0.0376. The molecule has 0 saturated heterocycles. The maximum atomic E-state index is 12.3. The van der Waals surface area contributed by atoms with E-state index in [4.69, 9.17) is 5.73 Å². The molecule has 266 valence electrons. The first-order valence-electron chi connectivity index (χ1n) is 13.1. The Morgan fingerprint density at radius 2 is 1.12 bits per heavy atom. The first-order chi connectivity index (χ1) is 23.5. The van der Waals surface area contributed by atoms with E-state index < -0.39 is 93.5 Å². The fourth-order valence-corrected chi connectivity index (χ4v) is 7.07. The van der Waals surface area contributed by atoms with Crippen molar-refractivity contribution < 1.29 is 61.9 Å². The van der Waals surface area contributed by atoms with Crippen LogP contribution < -0.4 is 5.73 Å². The molecule has 5 aromatic carbocycles. The number of phenolic OH excluding ortho intramolecular Hbond substituents is 1. The summed E-state index contributed by atoms with van der Waals surface area (Å²) < 4.78 is 134. The third kappa shape index (κ3) is 7.49. The van der Waals surface area contributed by atoms with E-state index in [0.29, 0.717) is 18.2 Å². The Bertz CT molecular complexity index is 2860. The predicted molar refractivity (Wildman–Crippen MR) is 175 cm³/mol. The largest absolute Gasteiger partial charge is 0.505 e. The fourth-order valence-electron chi connectivity index (χ4n) is 4.67. The van der Waals surface area contributed by atoms with Gasteiger partial charge in [0.15, 0.2) is 5.75 Å². The summed E-state index contributed by atoms with van der Waals surface area (Å²) in [6, 6.07) is 9.62. The van der Waals surface area contributed by atoms with Crippen LogP contribution in [0.25, 0.3) is 21.5 Å². The molecule has 7 N–H and O–H groups in total. The van der Waals surface area contributed by atoms with Gasteiger partial charge in [0.1, 0.15) is 26.1 Å². The van der Waals surface area contributed by atoms with Crippen molar-refractivity contribution >= 4 is 96.1 Å². The Kier molecular flexibility index (Phi) is 9.11. The van der Waals surface area contributed by atoms with Crippen molar-refractivity contribution in [2.75, 3.05) is 5.73 Å². The van der Waals surface area contributed by atoms with Gasteiger partial charge in [-0.3, -0.25) is 28.3 Å². The third-order valence-electron chi connectivity index (χ3n) is 6.93. The molecule has 0 aliphatic rings. The second kappa shape index (κ2) is 12.7. The number of benzene rings is 5. The van der Waals surface area contributed by atoms with Crippen LogP contribution in [-0.2, 0) is 40.5 Å². The van der Waals surface area contributed by atoms with E-state index in [-0.39, 0.29) is 32.9 Å². The number of nitrogens with two attached hydrogens (primary N) is 1. The molecule has 51 heavy (non-hydrogen) atoms. The highest BCUT2D eigenvalue weighted by atomic mass is 32.2. The zero-order valence-corrected chi connectivity index (χ0v) is 27.9. The maximum absolute atomic E-state index is 12.3. The second-order valence-electron chi connectivity index (χ2n) is 10.2. The Labute approximate surface area is 285 Å². The molecule has 0 aliphatic heterocycles. The molecule has 0 aliphatic carbocycles. The van der Waals surface area contributed by atoms with Crippen LogP contribution in [0.2, 0.25) is 0 Å². The highest BCUT2D eigenvalue weighted by Gasteiger charge is 2.25. The molecule has 0 aromatic heterocycles. The lowest BCUT2D eigenvalue weighted by molar-refractivity contribution is -0.384. The van der Waals surface area contributed by atoms with Crippen molar-refractivity contribution in [1.82, 2.24) is 0 Å². The van der Waals surface area contributed by atoms with Crippen LogP contribution in [-0.4, -0.2) is 61.9 Å². The minimum Gasteiger partial charge on any atom is -0.505 e. The summed E-state index contributed by atoms with van der Waals surface area (Å²) >= 11 is 0. The van der Waals surface area contributed by atoms with Crippen LogP contribution in [0.5, 0.6) is 5.75 Å². The average molecular weight is 783 g/mol. The number of fused-ring (bicyclic) bond motifs is 2. The Morgan fingerprint density at radius 3 is 1.69 bits per heavy atom. The van der Waals surface area contributed by atoms with Crippen LogP contribution in [0, 0.1) is 10.1 Å². The molecule has 0 spiro atoms. The van der Waals surface area contributed by atoms with E-state index in [9.17, 15) is 67.1 Å². The van der Waals surface area contributed by atoms with Crippen molar-refractivity contribution in [3.8, 4) is 5.75 Å². The number of nitrogens with zero attached hydrogens (tertiary/aromatic N) is 5. The lowest BCUT2D eigenvalue weighted by Gasteiger charge is -2.11. The van der Waals surface area contributed by atoms with E-state index in [0.717, 1.165) is 48.5 Å². The van der Waals surface area contributed by atoms with Gasteiger partial charge in [-0.05, 0) is 53.9 Å². The first kappa shape index (κ1) is 36.7. The Balaban J connectivity index is 1.73. The molecule has 0 fully saturated rings. The molecule has 25 heteroatoms. The summed E-state index contributed by atoms with van der Waals surface area (Å²) in [6.07, 6.45) is 0. The maximum Gasteiger partial charge on any atom is 0.296 e. The number of hydrogen-bond acceptors (Lipinski definition) is 16. The zero-order valence-electron chi connectivity index (χ0n) is 24.6. The number of nitro benzene ring substituents is 1. The van der Waals surface area contributed by atoms with E-state index >= 15 is 0 Å². The summed E-state index contributed by atoms with van der Waals surface area (Å²) in [5.74, 6) is -0.989. The summed E-state index contributed by atoms with van der Waals surface area (Å²) in [5.41, 5.74) is 2.47. The number of phenols is 1. The molecule has 21 nitrogen and oxygen atoms in total. The van der Waals surface area contributed by atoms with E-state index in [2.05, 4.69) is 20.5 Å². The first-order valence-corrected chi connectivity index (χ1v) is 18.9. The monoisotopic (exact) mass is 782 g/mol. The van der Waals surface area contributed by atoms with Crippen molar-refractivity contribution in [2.45, 2.75) is 19.6 Å². The summed E-state index contributed by atoms with van der Waals surface area (Å²) in [6.45, 7) is 0. The molecular weight excluding hydrogens is 765 g/mol. The highest BCUT2D eigenvalue weighted by Crippen LogP contribution is 2.44. The van der Waals surface area contributed by atoms with Gasteiger partial charge in [-0.2, -0.15) is 33.7 Å². The molecular formula is C26H18N6O15S4. The normalized spacial score (nSPS) is 13.1. The molecule has 0 saturated carbocycles. The number of aromatic hydroxyl groups is 1. The topological polar surface area (TPSA) is 356 Å². The SMILES string of the molecule is Nc1cc2c(O)c(N=Nc3ccc(N=Nc4cc([N+](=O)[O-])ccc4S(=O)(=O)O)c4ccc(S(=O)(=O)O)cc34)c(S(=O)(=O)O)cc2cc1S(=O)(=O)O. The van der Waals surface area contributed by atoms with Crippen LogP contribution in [0.1, 0.15) is 0 Å². The molecule has 0 bridgehead atoms. The summed E-state index contributed by atoms with van der Waals surface area (Å²) in [7, 11) is -20.0. The van der Waals surface area contributed by atoms with E-state index in [1.807, 2.05) is 0 Å². The number of rotatable bonds is 9. The molecule has 0 heterocycles. The van der Waals surface area contributed by atoms with Crippen LogP contribution in [0.3, 0.4) is 0 Å². The van der Waals surface area contributed by atoms with Gasteiger partial charge in [0.25, 0.3) is 46.2 Å². The van der Waals surface area contributed by atoms with Gasteiger partial charge in [0.2, 0.25) is 0 Å². The molecule has 0 amide bonds. The van der Waals surface area contributed by atoms with Gasteiger partial charge in [-0.15, -0.1) is 20.5 Å². The number of nitrogen functional groups attached to an aromatic ring is 1. The molecule has 0 atom stereocenters. The second-order valence-corrected chi connectivity index (χ2v) is 15.8. The summed E-state index contributed by atoms with van der Waals surface area (Å²) in [4.78, 5) is 6.89. The number of azo groups is 2. The standard InChI is InChI=1S/C26H18N6O15S4/c27-18-11-16-12(7-23(18)50(42,43)44)8-24(51(45,46)47)25(26(16)33)31-29-20-5-4-19(15-3-2-14(10-17(15)20)48(36,37)38)28-30-21-9-13(32(34)35)1-6-22(21)49(39,40)41/h1-11,33H,27H2,(H,36,37,38)(H,39,40,41)(H,42,43,44)(H,45,46,47). The zero-order chi connectivity index (χ0) is 37.8. The Morgan fingerprint density at radius 1 is 0.569 bits per heavy atom. The number of anilines is 1. The van der Waals surface area contributed by atoms with Gasteiger partial charge < -0.3 is 10.8 Å². The molecule has 0 unspecified atom stereocenters. The van der Waals surface area contributed by atoms with Crippen LogP contribution in [0.4, 0.5) is 34.1 Å². The van der Waals surface area contributed by atoms with Gasteiger partial charge in [0, 0.05) is 28.3 Å². The van der Waals surface area contributed by atoms with Crippen molar-refractivity contribution in [2.24, 2.45) is 20.5 Å². The Hall–Kier alpha value is -5.54. The minimum atomic E-state index is -5.24. The number of nitro groups is 1. The van der Waals surface area contributed by atoms with Gasteiger partial charge in [-0.1, -0.05) is 6.07 Å². The molecule has 0 radical (unpaired) electrons. The molecule has 5 aromatic rings. The van der Waals surface area contributed by atoms with Crippen LogP contribution >= 0.6 is 0 Å². The van der Waals surface area contributed by atoms with Crippen molar-refractivity contribution in [1.29, 1.82) is 0 Å². The third-order valence-corrected chi connectivity index (χ3v) is 10.5. The van der Waals surface area contributed by atoms with Gasteiger partial charge >= 0.3 is 0 Å². The fraction of sp³-hybridized carbons (Fsp3) is 0. The summed E-state index contributed by atoms with van der Waals surface area (Å²) in [5, 5.41) is 36.5. The van der Waals surface area contributed by atoms with E-state index in [1.165, 1.54) is 0 Å². The van der Waals surface area contributed by atoms with Gasteiger partial charge in [-0.25, -0.2) is 0 Å². The lowest BCUT2D eigenvalue weighted by Crippen LogP contribution is -2.04. The number of hydrogen-bond donors (Lipinski definition) is 6. The average Bonchev–Trinajstić information content (AvgIpc) is 3.01. The molecule has 5 rings (SSSR count). The lowest BCUT2D eigenvalue weighted by atomic mass is 10.1. The van der Waals surface area contributed by atoms with Crippen LogP contribution in [0.15, 0.2) is 107 Å². The van der Waals surface area contributed by atoms with Crippen molar-refractivity contribution in [3.63, 3.8) is 0 Å². The van der Waals surface area contributed by atoms with Crippen molar-refractivity contribution in [3.05, 3.63) is 76.8 Å². The predicted octanol–water partition coefficient (Wildman–Crippen LogP) is 5.01. The van der Waals surface area contributed by atoms with Gasteiger partial charge in [0.05, 0.1) is 26.9 Å². The minimum absolute atomic E-state index is 0.0373. The highest BCUT2D eigenvalue weighted by molar-refractivity contribution is 7.86. The smallest absolute Gasteiger partial charge is 0.296 e.